The molecule has 0 radical (unpaired) electrons. The first-order valence-corrected chi connectivity index (χ1v) is 8.92. The zero-order valence-electron chi connectivity index (χ0n) is 15.8. The third-order valence-corrected chi connectivity index (χ3v) is 5.08. The fraction of sp³-hybridized carbons (Fsp3) is 0.421. The summed E-state index contributed by atoms with van der Waals surface area (Å²) >= 11 is 0. The molecule has 2 aromatic rings. The number of hydrogen-bond acceptors (Lipinski definition) is 5. The number of carboxylic acid groups (broad SMARTS) is 2. The Hall–Kier alpha value is -3.07. The third kappa shape index (κ3) is 3.79. The van der Waals surface area contributed by atoms with Crippen molar-refractivity contribution in [2.24, 2.45) is 0 Å². The molecule has 0 unspecified atom stereocenters. The minimum Gasteiger partial charge on any atom is -0.497 e. The van der Waals surface area contributed by atoms with Crippen molar-refractivity contribution < 1.29 is 29.3 Å². The lowest BCUT2D eigenvalue weighted by atomic mass is 10.0. The molecule has 0 aliphatic carbocycles. The van der Waals surface area contributed by atoms with E-state index in [4.69, 9.17) is 4.74 Å². The maximum atomic E-state index is 12.2. The molecule has 1 aromatic carbocycles. The van der Waals surface area contributed by atoms with E-state index < -0.39 is 18.0 Å². The lowest BCUT2D eigenvalue weighted by Crippen LogP contribution is -2.50. The van der Waals surface area contributed by atoms with Crippen molar-refractivity contribution in [1.29, 1.82) is 0 Å². The molecular formula is C19H23N3O6. The Labute approximate surface area is 161 Å². The van der Waals surface area contributed by atoms with Gasteiger partial charge >= 0.3 is 11.9 Å². The van der Waals surface area contributed by atoms with Crippen molar-refractivity contribution in [2.75, 3.05) is 33.3 Å². The summed E-state index contributed by atoms with van der Waals surface area (Å²) in [5, 5.41) is 19.8. The van der Waals surface area contributed by atoms with Gasteiger partial charge in [0.05, 0.1) is 7.11 Å². The van der Waals surface area contributed by atoms with Crippen molar-refractivity contribution in [3.05, 3.63) is 30.0 Å². The summed E-state index contributed by atoms with van der Waals surface area (Å²) in [6.45, 7) is 2.98. The summed E-state index contributed by atoms with van der Waals surface area (Å²) in [7, 11) is 1.52. The van der Waals surface area contributed by atoms with Gasteiger partial charge in [0.25, 0.3) is 0 Å². The van der Waals surface area contributed by atoms with Gasteiger partial charge in [0.2, 0.25) is 5.91 Å². The fourth-order valence-corrected chi connectivity index (χ4v) is 3.71. The molecule has 1 aliphatic heterocycles. The Balaban J connectivity index is 2.04. The molecule has 150 valence electrons. The Morgan fingerprint density at radius 2 is 1.82 bits per heavy atom. The molecule has 1 atom stereocenters. The summed E-state index contributed by atoms with van der Waals surface area (Å²) in [6.07, 6.45) is 1.59. The summed E-state index contributed by atoms with van der Waals surface area (Å²) in [4.78, 5) is 38.4. The molecule has 1 aromatic heterocycles. The highest BCUT2D eigenvalue weighted by Gasteiger charge is 2.33. The van der Waals surface area contributed by atoms with Crippen LogP contribution < -0.4 is 4.74 Å². The van der Waals surface area contributed by atoms with Gasteiger partial charge in [-0.05, 0) is 18.2 Å². The predicted molar refractivity (Wildman–Crippen MR) is 100 cm³/mol. The monoisotopic (exact) mass is 389 g/mol. The molecule has 1 amide bonds. The Kier molecular flexibility index (Phi) is 5.55. The molecule has 0 saturated carbocycles. The van der Waals surface area contributed by atoms with Crippen LogP contribution in [0.1, 0.15) is 18.5 Å². The Morgan fingerprint density at radius 3 is 2.36 bits per heavy atom. The highest BCUT2D eigenvalue weighted by Crippen LogP contribution is 2.33. The van der Waals surface area contributed by atoms with Gasteiger partial charge in [-0.1, -0.05) is 0 Å². The van der Waals surface area contributed by atoms with E-state index in [1.165, 1.54) is 18.6 Å². The van der Waals surface area contributed by atoms with Crippen LogP contribution in [0.4, 0.5) is 0 Å². The number of carbonyl (C=O) groups excluding carboxylic acids is 1. The minimum atomic E-state index is -1.02. The maximum absolute atomic E-state index is 12.2. The van der Waals surface area contributed by atoms with Crippen molar-refractivity contribution in [3.63, 3.8) is 0 Å². The summed E-state index contributed by atoms with van der Waals surface area (Å²) in [5.41, 5.74) is 1.14. The van der Waals surface area contributed by atoms with Crippen LogP contribution in [0.25, 0.3) is 10.9 Å². The topological polar surface area (TPSA) is 112 Å². The maximum Gasteiger partial charge on any atom is 0.325 e. The van der Waals surface area contributed by atoms with E-state index >= 15 is 0 Å². The standard InChI is InChI=1S/C19H23N3O6/c1-12(23)20-5-7-21(8-6-20)18(19(26)27)15-10-22(11-17(24)25)16-4-3-13(28-2)9-14(15)16/h3-4,9-10,18H,5-8,11H2,1-2H3,(H,24,25)(H,26,27)/t18-/m0/s1. The largest absolute Gasteiger partial charge is 0.497 e. The van der Waals surface area contributed by atoms with Crippen molar-refractivity contribution in [3.8, 4) is 5.75 Å². The molecule has 0 spiro atoms. The Morgan fingerprint density at radius 1 is 1.14 bits per heavy atom. The number of aliphatic carboxylic acids is 2. The molecule has 9 heteroatoms. The van der Waals surface area contributed by atoms with Gasteiger partial charge in [-0.25, -0.2) is 0 Å². The fourth-order valence-electron chi connectivity index (χ4n) is 3.71. The lowest BCUT2D eigenvalue weighted by Gasteiger charge is -2.37. The van der Waals surface area contributed by atoms with Crippen LogP contribution in [-0.4, -0.2) is 75.7 Å². The number of fused-ring (bicyclic) bond motifs is 1. The van der Waals surface area contributed by atoms with E-state index in [2.05, 4.69) is 0 Å². The second-order valence-electron chi connectivity index (χ2n) is 6.77. The van der Waals surface area contributed by atoms with E-state index in [1.54, 1.807) is 34.2 Å². The zero-order chi connectivity index (χ0) is 20.4. The number of carboxylic acids is 2. The number of carbonyl (C=O) groups is 3. The first-order valence-electron chi connectivity index (χ1n) is 8.92. The van der Waals surface area contributed by atoms with Gasteiger partial charge in [0.1, 0.15) is 18.3 Å². The van der Waals surface area contributed by atoms with Crippen LogP contribution in [-0.2, 0) is 20.9 Å². The molecule has 9 nitrogen and oxygen atoms in total. The second kappa shape index (κ2) is 7.89. The molecule has 1 saturated heterocycles. The average Bonchev–Trinajstić information content (AvgIpc) is 2.98. The van der Waals surface area contributed by atoms with Gasteiger partial charge in [-0.2, -0.15) is 0 Å². The molecular weight excluding hydrogens is 366 g/mol. The SMILES string of the molecule is COc1ccc2c(c1)c([C@@H](C(=O)O)N1CCN(C(C)=O)CC1)cn2CC(=O)O. The van der Waals surface area contributed by atoms with Crippen molar-refractivity contribution in [1.82, 2.24) is 14.4 Å². The van der Waals surface area contributed by atoms with E-state index in [-0.39, 0.29) is 12.5 Å². The van der Waals surface area contributed by atoms with E-state index in [0.29, 0.717) is 48.4 Å². The molecule has 1 fully saturated rings. The Bertz CT molecular complexity index is 914. The van der Waals surface area contributed by atoms with Crippen molar-refractivity contribution in [2.45, 2.75) is 19.5 Å². The quantitative estimate of drug-likeness (QED) is 0.759. The molecule has 0 bridgehead atoms. The highest BCUT2D eigenvalue weighted by atomic mass is 16.5. The van der Waals surface area contributed by atoms with E-state index in [0.717, 1.165) is 0 Å². The van der Waals surface area contributed by atoms with Crippen LogP contribution >= 0.6 is 0 Å². The van der Waals surface area contributed by atoms with Gasteiger partial charge in [-0.15, -0.1) is 0 Å². The molecule has 28 heavy (non-hydrogen) atoms. The number of amides is 1. The van der Waals surface area contributed by atoms with Crippen molar-refractivity contribution >= 4 is 28.7 Å². The van der Waals surface area contributed by atoms with Crippen LogP contribution in [0.2, 0.25) is 0 Å². The van der Waals surface area contributed by atoms with Crippen LogP contribution in [0.15, 0.2) is 24.4 Å². The predicted octanol–water partition coefficient (Wildman–Crippen LogP) is 1.02. The zero-order valence-corrected chi connectivity index (χ0v) is 15.8. The third-order valence-electron chi connectivity index (χ3n) is 5.08. The first-order chi connectivity index (χ1) is 13.3. The second-order valence-corrected chi connectivity index (χ2v) is 6.77. The number of piperazine rings is 1. The number of ether oxygens (including phenoxy) is 1. The molecule has 3 rings (SSSR count). The van der Waals surface area contributed by atoms with Gasteiger partial charge < -0.3 is 24.4 Å². The number of rotatable bonds is 6. The summed E-state index contributed by atoms with van der Waals surface area (Å²) < 4.78 is 6.80. The van der Waals surface area contributed by atoms with E-state index in [1.807, 2.05) is 0 Å². The highest BCUT2D eigenvalue weighted by molar-refractivity contribution is 5.91. The minimum absolute atomic E-state index is 0.0330. The normalized spacial score (nSPS) is 16.1. The number of hydrogen-bond donors (Lipinski definition) is 2. The molecule has 1 aliphatic rings. The average molecular weight is 389 g/mol. The first kappa shape index (κ1) is 19.7. The number of nitrogens with zero attached hydrogens (tertiary/aromatic N) is 3. The lowest BCUT2D eigenvalue weighted by molar-refractivity contribution is -0.145. The van der Waals surface area contributed by atoms with Gasteiger partial charge in [0, 0.05) is 55.8 Å². The smallest absolute Gasteiger partial charge is 0.325 e. The number of methoxy groups -OCH3 is 1. The number of benzene rings is 1. The molecule has 2 N–H and O–H groups in total. The summed E-state index contributed by atoms with van der Waals surface area (Å²) in [5.74, 6) is -1.50. The number of aromatic nitrogens is 1. The summed E-state index contributed by atoms with van der Waals surface area (Å²) in [6, 6.07) is 4.22. The van der Waals surface area contributed by atoms with E-state index in [9.17, 15) is 24.6 Å². The molecule has 2 heterocycles. The van der Waals surface area contributed by atoms with Crippen LogP contribution in [0, 0.1) is 0 Å². The van der Waals surface area contributed by atoms with Crippen LogP contribution in [0.3, 0.4) is 0 Å². The van der Waals surface area contributed by atoms with Gasteiger partial charge in [0.15, 0.2) is 0 Å². The van der Waals surface area contributed by atoms with Gasteiger partial charge in [-0.3, -0.25) is 19.3 Å². The van der Waals surface area contributed by atoms with Crippen LogP contribution in [0.5, 0.6) is 5.75 Å².